The molecule has 2 aromatic carbocycles. The van der Waals surface area contributed by atoms with Gasteiger partial charge < -0.3 is 25.0 Å². The van der Waals surface area contributed by atoms with Gasteiger partial charge in [-0.1, -0.05) is 23.7 Å². The van der Waals surface area contributed by atoms with Gasteiger partial charge in [0, 0.05) is 24.3 Å². The van der Waals surface area contributed by atoms with Crippen molar-refractivity contribution in [1.82, 2.24) is 10.3 Å². The smallest absolute Gasteiger partial charge is 0.339 e. The Morgan fingerprint density at radius 2 is 1.94 bits per heavy atom. The SMILES string of the molecule is COc1ccc(Oc2ccc3c(c2)C[C@@H](NC[C@@H](O)c2ccc(Cl)nc2)CC3)cc1C(=O)O.Cl. The highest BCUT2D eigenvalue weighted by Gasteiger charge is 2.21. The van der Waals surface area contributed by atoms with Crippen LogP contribution in [-0.2, 0) is 12.8 Å². The summed E-state index contributed by atoms with van der Waals surface area (Å²) in [5.41, 5.74) is 3.21. The van der Waals surface area contributed by atoms with E-state index < -0.39 is 12.1 Å². The number of carbonyl (C=O) groups is 1. The van der Waals surface area contributed by atoms with Gasteiger partial charge in [0.1, 0.15) is 28.0 Å². The van der Waals surface area contributed by atoms with Crippen LogP contribution in [-0.4, -0.2) is 40.9 Å². The Hall–Kier alpha value is -2.84. The van der Waals surface area contributed by atoms with Gasteiger partial charge >= 0.3 is 5.97 Å². The number of aliphatic hydroxyl groups is 1. The Bertz CT molecular complexity index is 1140. The molecule has 1 aliphatic rings. The number of carboxylic acid groups (broad SMARTS) is 1. The molecule has 7 nitrogen and oxygen atoms in total. The molecule has 0 aliphatic heterocycles. The number of hydrogen-bond donors (Lipinski definition) is 3. The molecule has 1 aromatic heterocycles. The number of nitrogens with zero attached hydrogens (tertiary/aromatic N) is 1. The number of benzene rings is 2. The average molecular weight is 505 g/mol. The lowest BCUT2D eigenvalue weighted by Gasteiger charge is -2.27. The van der Waals surface area contributed by atoms with Crippen LogP contribution in [0.4, 0.5) is 0 Å². The number of methoxy groups -OCH3 is 1. The highest BCUT2D eigenvalue weighted by Crippen LogP contribution is 2.31. The summed E-state index contributed by atoms with van der Waals surface area (Å²) >= 11 is 5.81. The standard InChI is InChI=1S/C25H25ClN2O5.ClH/c1-32-23-8-7-20(12-21(23)25(30)31)33-19-6-3-15-2-5-18(10-17(15)11-19)27-14-22(29)16-4-9-24(26)28-13-16;/h3-4,6-9,11-13,18,22,27,29H,2,5,10,14H2,1H3,(H,30,31);1H/t18-,22+;/m0./s1. The van der Waals surface area contributed by atoms with E-state index in [0.717, 1.165) is 24.8 Å². The number of pyridine rings is 1. The van der Waals surface area contributed by atoms with Crippen molar-refractivity contribution in [2.75, 3.05) is 13.7 Å². The minimum absolute atomic E-state index is 0. The monoisotopic (exact) mass is 504 g/mol. The summed E-state index contributed by atoms with van der Waals surface area (Å²) in [5.74, 6) is 0.278. The molecule has 0 radical (unpaired) electrons. The van der Waals surface area contributed by atoms with E-state index >= 15 is 0 Å². The zero-order valence-electron chi connectivity index (χ0n) is 18.5. The molecule has 3 N–H and O–H groups in total. The Morgan fingerprint density at radius 3 is 2.65 bits per heavy atom. The lowest BCUT2D eigenvalue weighted by Crippen LogP contribution is -2.37. The van der Waals surface area contributed by atoms with E-state index in [1.807, 2.05) is 12.1 Å². The molecule has 0 saturated heterocycles. The zero-order valence-corrected chi connectivity index (χ0v) is 20.1. The molecular formula is C25H26Cl2N2O5. The third kappa shape index (κ3) is 6.18. The molecule has 1 aliphatic carbocycles. The second-order valence-corrected chi connectivity index (χ2v) is 8.37. The Morgan fingerprint density at radius 1 is 1.18 bits per heavy atom. The number of aromatic nitrogens is 1. The molecular weight excluding hydrogens is 479 g/mol. The number of aryl methyl sites for hydroxylation is 1. The molecule has 0 spiro atoms. The van der Waals surface area contributed by atoms with E-state index in [0.29, 0.717) is 23.2 Å². The summed E-state index contributed by atoms with van der Waals surface area (Å²) in [6.07, 6.45) is 3.63. The highest BCUT2D eigenvalue weighted by atomic mass is 35.5. The van der Waals surface area contributed by atoms with Crippen molar-refractivity contribution in [2.45, 2.75) is 31.4 Å². The lowest BCUT2D eigenvalue weighted by molar-refractivity contribution is 0.0693. The normalized spacial score (nSPS) is 15.6. The first-order valence-electron chi connectivity index (χ1n) is 10.7. The van der Waals surface area contributed by atoms with Gasteiger partial charge in [0.2, 0.25) is 0 Å². The second-order valence-electron chi connectivity index (χ2n) is 7.98. The molecule has 180 valence electrons. The summed E-state index contributed by atoms with van der Waals surface area (Å²) < 4.78 is 11.0. The highest BCUT2D eigenvalue weighted by molar-refractivity contribution is 6.29. The molecule has 9 heteroatoms. The van der Waals surface area contributed by atoms with Gasteiger partial charge in [0.05, 0.1) is 13.2 Å². The first kappa shape index (κ1) is 25.8. The summed E-state index contributed by atoms with van der Waals surface area (Å²) in [6.45, 7) is 0.420. The number of aromatic carboxylic acids is 1. The minimum Gasteiger partial charge on any atom is -0.496 e. The van der Waals surface area contributed by atoms with Crippen LogP contribution < -0.4 is 14.8 Å². The fraction of sp³-hybridized carbons (Fsp3) is 0.280. The molecule has 0 bridgehead atoms. The number of fused-ring (bicyclic) bond motifs is 1. The third-order valence-corrected chi connectivity index (χ3v) is 6.00. The van der Waals surface area contributed by atoms with Crippen LogP contribution in [0.2, 0.25) is 5.15 Å². The maximum Gasteiger partial charge on any atom is 0.339 e. The molecule has 3 aromatic rings. The van der Waals surface area contributed by atoms with Crippen molar-refractivity contribution < 1.29 is 24.5 Å². The van der Waals surface area contributed by atoms with Crippen LogP contribution in [0.1, 0.15) is 39.6 Å². The van der Waals surface area contributed by atoms with Gasteiger partial charge in [-0.15, -0.1) is 12.4 Å². The first-order valence-corrected chi connectivity index (χ1v) is 11.0. The van der Waals surface area contributed by atoms with Crippen LogP contribution in [0, 0.1) is 0 Å². The minimum atomic E-state index is -1.08. The summed E-state index contributed by atoms with van der Waals surface area (Å²) in [6, 6.07) is 14.3. The van der Waals surface area contributed by atoms with Crippen LogP contribution >= 0.6 is 24.0 Å². The Kier molecular flexibility index (Phi) is 8.74. The van der Waals surface area contributed by atoms with E-state index in [1.165, 1.54) is 24.3 Å². The maximum absolute atomic E-state index is 11.5. The average Bonchev–Trinajstić information content (AvgIpc) is 2.82. The third-order valence-electron chi connectivity index (χ3n) is 5.78. The van der Waals surface area contributed by atoms with Gasteiger partial charge in [-0.2, -0.15) is 0 Å². The van der Waals surface area contributed by atoms with Gasteiger partial charge in [0.15, 0.2) is 0 Å². The molecule has 4 rings (SSSR count). The van der Waals surface area contributed by atoms with Crippen molar-refractivity contribution in [2.24, 2.45) is 0 Å². The van der Waals surface area contributed by atoms with Gasteiger partial charge in [-0.3, -0.25) is 0 Å². The molecule has 34 heavy (non-hydrogen) atoms. The number of rotatable bonds is 8. The number of hydrogen-bond acceptors (Lipinski definition) is 6. The van der Waals surface area contributed by atoms with E-state index in [9.17, 15) is 15.0 Å². The van der Waals surface area contributed by atoms with Crippen LogP contribution in [0.25, 0.3) is 0 Å². The number of aliphatic hydroxyl groups excluding tert-OH is 1. The van der Waals surface area contributed by atoms with Crippen molar-refractivity contribution in [1.29, 1.82) is 0 Å². The largest absolute Gasteiger partial charge is 0.496 e. The predicted octanol–water partition coefficient (Wildman–Crippen LogP) is 4.84. The number of nitrogens with one attached hydrogen (secondary N) is 1. The molecule has 1 heterocycles. The number of halogens is 2. The Balaban J connectivity index is 0.00000324. The fourth-order valence-electron chi connectivity index (χ4n) is 4.01. The van der Waals surface area contributed by atoms with Crippen LogP contribution in [0.3, 0.4) is 0 Å². The van der Waals surface area contributed by atoms with Crippen molar-refractivity contribution in [3.05, 3.63) is 82.1 Å². The van der Waals surface area contributed by atoms with Crippen molar-refractivity contribution in [3.63, 3.8) is 0 Å². The first-order chi connectivity index (χ1) is 15.9. The summed E-state index contributed by atoms with van der Waals surface area (Å²) in [7, 11) is 1.43. The maximum atomic E-state index is 11.5. The predicted molar refractivity (Wildman–Crippen MR) is 132 cm³/mol. The van der Waals surface area contributed by atoms with Crippen LogP contribution in [0.15, 0.2) is 54.7 Å². The summed E-state index contributed by atoms with van der Waals surface area (Å²) in [4.78, 5) is 15.5. The molecule has 2 atom stereocenters. The lowest BCUT2D eigenvalue weighted by atomic mass is 9.88. The van der Waals surface area contributed by atoms with Gasteiger partial charge in [0.25, 0.3) is 0 Å². The van der Waals surface area contributed by atoms with Crippen molar-refractivity contribution in [3.8, 4) is 17.2 Å². The van der Waals surface area contributed by atoms with E-state index in [2.05, 4.69) is 16.4 Å². The van der Waals surface area contributed by atoms with Crippen LogP contribution in [0.5, 0.6) is 17.2 Å². The molecule has 0 unspecified atom stereocenters. The topological polar surface area (TPSA) is 101 Å². The summed E-state index contributed by atoms with van der Waals surface area (Å²) in [5, 5.41) is 23.7. The second kappa shape index (κ2) is 11.5. The number of carboxylic acids is 1. The number of ether oxygens (including phenoxy) is 2. The van der Waals surface area contributed by atoms with Gasteiger partial charge in [-0.25, -0.2) is 9.78 Å². The Labute approximate surface area is 209 Å². The van der Waals surface area contributed by atoms with Gasteiger partial charge in [-0.05, 0) is 66.8 Å². The molecule has 0 fully saturated rings. The molecule has 0 amide bonds. The van der Waals surface area contributed by atoms with E-state index in [1.54, 1.807) is 30.5 Å². The van der Waals surface area contributed by atoms with Crippen molar-refractivity contribution >= 4 is 30.0 Å². The van der Waals surface area contributed by atoms with E-state index in [-0.39, 0.29) is 29.8 Å². The fourth-order valence-corrected chi connectivity index (χ4v) is 4.12. The van der Waals surface area contributed by atoms with E-state index in [4.69, 9.17) is 21.1 Å². The zero-order chi connectivity index (χ0) is 23.4. The molecule has 0 saturated carbocycles. The quantitative estimate of drug-likeness (QED) is 0.377.